The molecule has 0 aliphatic carbocycles. The largest absolute Gasteiger partial charge is 0.487 e. The van der Waals surface area contributed by atoms with Gasteiger partial charge in [0.2, 0.25) is 0 Å². The third-order valence-electron chi connectivity index (χ3n) is 3.66. The van der Waals surface area contributed by atoms with Gasteiger partial charge >= 0.3 is 0 Å². The molecular formula is C15H17NO3. The summed E-state index contributed by atoms with van der Waals surface area (Å²) >= 11 is 0. The summed E-state index contributed by atoms with van der Waals surface area (Å²) < 4.78 is 5.87. The van der Waals surface area contributed by atoms with E-state index < -0.39 is 17.4 Å². The normalized spacial score (nSPS) is 22.3. The van der Waals surface area contributed by atoms with E-state index in [0.717, 1.165) is 0 Å². The van der Waals surface area contributed by atoms with Crippen molar-refractivity contribution in [3.8, 4) is 11.8 Å². The van der Waals surface area contributed by atoms with Gasteiger partial charge in [0.05, 0.1) is 11.6 Å². The molecule has 0 amide bonds. The molecule has 0 saturated carbocycles. The first-order chi connectivity index (χ1) is 9.01. The number of Topliss-reactive ketones (excluding diaryl/α,β-unsaturated/α-hetero) is 1. The van der Waals surface area contributed by atoms with Crippen LogP contribution >= 0.6 is 0 Å². The predicted octanol–water partition coefficient (Wildman–Crippen LogP) is 2.18. The molecule has 1 aromatic carbocycles. The molecule has 4 nitrogen and oxygen atoms in total. The molecule has 0 spiro atoms. The van der Waals surface area contributed by atoms with Crippen molar-refractivity contribution in [3.05, 3.63) is 29.8 Å². The van der Waals surface area contributed by atoms with Gasteiger partial charge in [0.15, 0.2) is 5.78 Å². The molecule has 0 aromatic heterocycles. The molecule has 1 unspecified atom stereocenters. The third-order valence-corrected chi connectivity index (χ3v) is 3.66. The fraction of sp³-hybridized carbons (Fsp3) is 0.467. The Hall–Kier alpha value is -1.86. The van der Waals surface area contributed by atoms with E-state index >= 15 is 0 Å². The van der Waals surface area contributed by atoms with Crippen LogP contribution in [0.5, 0.6) is 5.75 Å². The van der Waals surface area contributed by atoms with E-state index in [9.17, 15) is 10.1 Å². The van der Waals surface area contributed by atoms with Gasteiger partial charge < -0.3 is 9.84 Å². The molecule has 0 saturated heterocycles. The van der Waals surface area contributed by atoms with Crippen LogP contribution in [0.3, 0.4) is 0 Å². The second-order valence-electron chi connectivity index (χ2n) is 5.47. The lowest BCUT2D eigenvalue weighted by Crippen LogP contribution is -2.46. The van der Waals surface area contributed by atoms with Gasteiger partial charge in [-0.15, -0.1) is 0 Å². The Morgan fingerprint density at radius 3 is 2.74 bits per heavy atom. The van der Waals surface area contributed by atoms with Crippen LogP contribution in [0, 0.1) is 22.7 Å². The third kappa shape index (κ3) is 2.34. The summed E-state index contributed by atoms with van der Waals surface area (Å²) in [6, 6.07) is 9.03. The lowest BCUT2D eigenvalue weighted by Gasteiger charge is -2.39. The summed E-state index contributed by atoms with van der Waals surface area (Å²) in [4.78, 5) is 12.3. The quantitative estimate of drug-likeness (QED) is 0.903. The van der Waals surface area contributed by atoms with Crippen LogP contribution in [-0.2, 0) is 0 Å². The van der Waals surface area contributed by atoms with Crippen LogP contribution in [0.4, 0.5) is 0 Å². The fourth-order valence-electron chi connectivity index (χ4n) is 2.45. The number of nitrogens with zero attached hydrogens (tertiary/aromatic N) is 1. The maximum atomic E-state index is 12.3. The molecule has 1 aromatic rings. The van der Waals surface area contributed by atoms with Crippen molar-refractivity contribution >= 4 is 5.78 Å². The Labute approximate surface area is 112 Å². The maximum absolute atomic E-state index is 12.3. The van der Waals surface area contributed by atoms with Crippen molar-refractivity contribution in [2.24, 2.45) is 11.3 Å². The van der Waals surface area contributed by atoms with Gasteiger partial charge in [-0.2, -0.15) is 5.26 Å². The zero-order valence-corrected chi connectivity index (χ0v) is 11.1. The Kier molecular flexibility index (Phi) is 3.59. The zero-order valence-electron chi connectivity index (χ0n) is 11.1. The average Bonchev–Trinajstić information content (AvgIpc) is 2.38. The molecule has 1 aliphatic rings. The van der Waals surface area contributed by atoms with Gasteiger partial charge in [-0.3, -0.25) is 4.79 Å². The minimum Gasteiger partial charge on any atom is -0.487 e. The van der Waals surface area contributed by atoms with E-state index in [1.165, 1.54) is 0 Å². The standard InChI is InChI=1S/C15H17NO3/c1-15(2,7-8-17)14-11(9-16)13(18)10-5-3-4-6-12(10)19-14/h3-6,11,14,17H,7-8H2,1-2H3/t11?,14-/m0/s1. The van der Waals surface area contributed by atoms with Gasteiger partial charge in [-0.05, 0) is 18.6 Å². The van der Waals surface area contributed by atoms with E-state index in [1.807, 2.05) is 13.8 Å². The van der Waals surface area contributed by atoms with E-state index in [-0.39, 0.29) is 12.4 Å². The maximum Gasteiger partial charge on any atom is 0.187 e. The van der Waals surface area contributed by atoms with Crippen LogP contribution in [0.2, 0.25) is 0 Å². The number of ketones is 1. The van der Waals surface area contributed by atoms with Gasteiger partial charge in [-0.1, -0.05) is 26.0 Å². The van der Waals surface area contributed by atoms with E-state index in [1.54, 1.807) is 24.3 Å². The minimum absolute atomic E-state index is 0.000839. The highest BCUT2D eigenvalue weighted by Gasteiger charge is 2.45. The van der Waals surface area contributed by atoms with E-state index in [4.69, 9.17) is 9.84 Å². The molecule has 2 atom stereocenters. The van der Waals surface area contributed by atoms with Crippen LogP contribution in [0.25, 0.3) is 0 Å². The molecule has 4 heteroatoms. The first-order valence-electron chi connectivity index (χ1n) is 6.31. The van der Waals surface area contributed by atoms with Crippen molar-refractivity contribution in [1.82, 2.24) is 0 Å². The highest BCUT2D eigenvalue weighted by atomic mass is 16.5. The molecule has 0 fully saturated rings. The monoisotopic (exact) mass is 259 g/mol. The summed E-state index contributed by atoms with van der Waals surface area (Å²) in [5.41, 5.74) is 0.0170. The minimum atomic E-state index is -0.823. The number of aliphatic hydroxyl groups excluding tert-OH is 1. The average molecular weight is 259 g/mol. The topological polar surface area (TPSA) is 70.3 Å². The SMILES string of the molecule is CC(C)(CCO)[C@H]1Oc2ccccc2C(=O)C1C#N. The van der Waals surface area contributed by atoms with Crippen molar-refractivity contribution in [1.29, 1.82) is 5.26 Å². The molecule has 1 heterocycles. The summed E-state index contributed by atoms with van der Waals surface area (Å²) in [6.45, 7) is 3.81. The Morgan fingerprint density at radius 1 is 1.42 bits per heavy atom. The lowest BCUT2D eigenvalue weighted by atomic mass is 9.74. The van der Waals surface area contributed by atoms with Crippen molar-refractivity contribution < 1.29 is 14.6 Å². The molecule has 0 bridgehead atoms. The highest BCUT2D eigenvalue weighted by Crippen LogP contribution is 2.39. The smallest absolute Gasteiger partial charge is 0.187 e. The Morgan fingerprint density at radius 2 is 2.11 bits per heavy atom. The first kappa shape index (κ1) is 13.6. The van der Waals surface area contributed by atoms with Gasteiger partial charge in [0, 0.05) is 12.0 Å². The van der Waals surface area contributed by atoms with Gasteiger partial charge in [0.1, 0.15) is 17.8 Å². The van der Waals surface area contributed by atoms with Gasteiger partial charge in [-0.25, -0.2) is 0 Å². The van der Waals surface area contributed by atoms with Crippen LogP contribution < -0.4 is 4.74 Å². The van der Waals surface area contributed by atoms with Crippen LogP contribution in [-0.4, -0.2) is 23.6 Å². The number of ether oxygens (including phenoxy) is 1. The van der Waals surface area contributed by atoms with Gasteiger partial charge in [0.25, 0.3) is 0 Å². The molecule has 100 valence electrons. The number of carbonyl (C=O) groups is 1. The molecule has 2 rings (SSSR count). The van der Waals surface area contributed by atoms with Crippen LogP contribution in [0.15, 0.2) is 24.3 Å². The predicted molar refractivity (Wildman–Crippen MR) is 69.8 cm³/mol. The number of para-hydroxylation sites is 1. The number of hydrogen-bond acceptors (Lipinski definition) is 4. The number of rotatable bonds is 3. The summed E-state index contributed by atoms with van der Waals surface area (Å²) in [5, 5.41) is 18.4. The zero-order chi connectivity index (χ0) is 14.0. The highest BCUT2D eigenvalue weighted by molar-refractivity contribution is 6.03. The molecule has 1 N–H and O–H groups in total. The van der Waals surface area contributed by atoms with E-state index in [2.05, 4.69) is 6.07 Å². The summed E-state index contributed by atoms with van der Waals surface area (Å²) in [7, 11) is 0. The number of carbonyl (C=O) groups excluding carboxylic acids is 1. The van der Waals surface area contributed by atoms with Crippen LogP contribution in [0.1, 0.15) is 30.6 Å². The Balaban J connectivity index is 2.43. The molecule has 19 heavy (non-hydrogen) atoms. The van der Waals surface area contributed by atoms with Crippen molar-refractivity contribution in [3.63, 3.8) is 0 Å². The summed E-state index contributed by atoms with van der Waals surface area (Å²) in [5.74, 6) is -0.494. The molecular weight excluding hydrogens is 242 g/mol. The number of fused-ring (bicyclic) bond motifs is 1. The van der Waals surface area contributed by atoms with Crippen molar-refractivity contribution in [2.45, 2.75) is 26.4 Å². The molecule has 0 radical (unpaired) electrons. The fourth-order valence-corrected chi connectivity index (χ4v) is 2.45. The number of aliphatic hydroxyl groups is 1. The number of hydrogen-bond donors (Lipinski definition) is 1. The van der Waals surface area contributed by atoms with Crippen molar-refractivity contribution in [2.75, 3.05) is 6.61 Å². The van der Waals surface area contributed by atoms with E-state index in [0.29, 0.717) is 17.7 Å². The Bertz CT molecular complexity index is 530. The number of benzene rings is 1. The summed E-state index contributed by atoms with van der Waals surface area (Å²) in [6.07, 6.45) is -0.0577. The second-order valence-corrected chi connectivity index (χ2v) is 5.47. The second kappa shape index (κ2) is 5.02. The lowest BCUT2D eigenvalue weighted by molar-refractivity contribution is 0.0156. The number of nitriles is 1. The first-order valence-corrected chi connectivity index (χ1v) is 6.31. The molecule has 1 aliphatic heterocycles.